The molecule has 66 valence electrons. The van der Waals surface area contributed by atoms with E-state index in [1.54, 1.807) is 18.6 Å². The molecule has 0 atom stereocenters. The number of hydrogen-bond acceptors (Lipinski definition) is 2. The second-order valence-electron chi connectivity index (χ2n) is 2.68. The number of benzene rings is 1. The van der Waals surface area contributed by atoms with Crippen LogP contribution in [-0.2, 0) is 0 Å². The van der Waals surface area contributed by atoms with Crippen LogP contribution in [0.4, 0.5) is 5.69 Å². The Balaban J connectivity index is 2.49. The third kappa shape index (κ3) is 1.51. The maximum absolute atomic E-state index is 5.79. The Morgan fingerprint density at radius 1 is 1.38 bits per heavy atom. The van der Waals surface area contributed by atoms with E-state index in [0.29, 0.717) is 10.7 Å². The molecule has 0 fully saturated rings. The van der Waals surface area contributed by atoms with Crippen molar-refractivity contribution in [2.75, 3.05) is 5.73 Å². The van der Waals surface area contributed by atoms with Gasteiger partial charge in [0.2, 0.25) is 0 Å². The standard InChI is InChI=1S/C9H8ClN3/c10-8-2-1-7(5-9(8)11)13-4-3-12-6-13/h1-6H,11H2. The summed E-state index contributed by atoms with van der Waals surface area (Å²) in [5, 5.41) is 0.573. The van der Waals surface area contributed by atoms with Crippen molar-refractivity contribution < 1.29 is 0 Å². The first-order valence-electron chi connectivity index (χ1n) is 3.81. The molecule has 0 spiro atoms. The third-order valence-corrected chi connectivity index (χ3v) is 2.13. The zero-order chi connectivity index (χ0) is 9.26. The minimum atomic E-state index is 0.573. The minimum Gasteiger partial charge on any atom is -0.397 e. The molecule has 2 N–H and O–H groups in total. The largest absolute Gasteiger partial charge is 0.397 e. The predicted octanol–water partition coefficient (Wildman–Crippen LogP) is 2.11. The predicted molar refractivity (Wildman–Crippen MR) is 53.0 cm³/mol. The Morgan fingerprint density at radius 3 is 2.85 bits per heavy atom. The summed E-state index contributed by atoms with van der Waals surface area (Å²) in [6.07, 6.45) is 5.27. The minimum absolute atomic E-state index is 0.573. The lowest BCUT2D eigenvalue weighted by Crippen LogP contribution is -1.93. The Hall–Kier alpha value is -1.48. The SMILES string of the molecule is Nc1cc(-n2ccnc2)ccc1Cl. The molecule has 0 saturated heterocycles. The quantitative estimate of drug-likeness (QED) is 0.705. The molecule has 0 aliphatic rings. The summed E-state index contributed by atoms with van der Waals surface area (Å²) in [5.74, 6) is 0. The van der Waals surface area contributed by atoms with Crippen LogP contribution in [0.1, 0.15) is 0 Å². The monoisotopic (exact) mass is 193 g/mol. The van der Waals surface area contributed by atoms with E-state index >= 15 is 0 Å². The number of nitrogens with zero attached hydrogens (tertiary/aromatic N) is 2. The first-order chi connectivity index (χ1) is 6.27. The molecule has 1 heterocycles. The van der Waals surface area contributed by atoms with Crippen LogP contribution < -0.4 is 5.73 Å². The summed E-state index contributed by atoms with van der Waals surface area (Å²) >= 11 is 5.79. The summed E-state index contributed by atoms with van der Waals surface area (Å²) in [6, 6.07) is 5.47. The number of anilines is 1. The fourth-order valence-corrected chi connectivity index (χ4v) is 1.22. The van der Waals surface area contributed by atoms with Crippen LogP contribution in [-0.4, -0.2) is 9.55 Å². The molecular weight excluding hydrogens is 186 g/mol. The topological polar surface area (TPSA) is 43.8 Å². The zero-order valence-corrected chi connectivity index (χ0v) is 7.57. The fraction of sp³-hybridized carbons (Fsp3) is 0. The highest BCUT2D eigenvalue weighted by atomic mass is 35.5. The molecule has 13 heavy (non-hydrogen) atoms. The highest BCUT2D eigenvalue weighted by Gasteiger charge is 1.98. The average molecular weight is 194 g/mol. The molecule has 1 aromatic carbocycles. The molecule has 0 unspecified atom stereocenters. The van der Waals surface area contributed by atoms with Crippen LogP contribution in [0.3, 0.4) is 0 Å². The van der Waals surface area contributed by atoms with E-state index in [1.807, 2.05) is 22.9 Å². The Labute approximate surface area is 80.8 Å². The number of nitrogens with two attached hydrogens (primary N) is 1. The molecule has 0 amide bonds. The van der Waals surface area contributed by atoms with Crippen molar-refractivity contribution >= 4 is 17.3 Å². The van der Waals surface area contributed by atoms with Crippen molar-refractivity contribution in [1.82, 2.24) is 9.55 Å². The second kappa shape index (κ2) is 3.11. The van der Waals surface area contributed by atoms with Gasteiger partial charge >= 0.3 is 0 Å². The number of halogens is 1. The van der Waals surface area contributed by atoms with E-state index in [-0.39, 0.29) is 0 Å². The van der Waals surface area contributed by atoms with E-state index in [1.165, 1.54) is 0 Å². The van der Waals surface area contributed by atoms with Gasteiger partial charge in [-0.25, -0.2) is 4.98 Å². The lowest BCUT2D eigenvalue weighted by molar-refractivity contribution is 1.06. The Bertz CT molecular complexity index is 409. The molecule has 0 radical (unpaired) electrons. The number of imidazole rings is 1. The summed E-state index contributed by atoms with van der Waals surface area (Å²) in [4.78, 5) is 3.94. The van der Waals surface area contributed by atoms with Crippen molar-refractivity contribution in [3.05, 3.63) is 41.9 Å². The van der Waals surface area contributed by atoms with Crippen molar-refractivity contribution in [1.29, 1.82) is 0 Å². The average Bonchev–Trinajstić information content (AvgIpc) is 2.62. The molecule has 0 bridgehead atoms. The van der Waals surface area contributed by atoms with Crippen LogP contribution in [0.25, 0.3) is 5.69 Å². The van der Waals surface area contributed by atoms with Crippen molar-refractivity contribution in [2.45, 2.75) is 0 Å². The molecule has 4 heteroatoms. The van der Waals surface area contributed by atoms with Crippen molar-refractivity contribution in [3.63, 3.8) is 0 Å². The van der Waals surface area contributed by atoms with Gasteiger partial charge in [0, 0.05) is 18.1 Å². The van der Waals surface area contributed by atoms with Gasteiger partial charge in [-0.3, -0.25) is 0 Å². The molecule has 0 saturated carbocycles. The van der Waals surface area contributed by atoms with Gasteiger partial charge in [-0.2, -0.15) is 0 Å². The second-order valence-corrected chi connectivity index (χ2v) is 3.08. The Kier molecular flexibility index (Phi) is 1.94. The normalized spacial score (nSPS) is 10.2. The zero-order valence-electron chi connectivity index (χ0n) is 6.81. The van der Waals surface area contributed by atoms with Crippen LogP contribution >= 0.6 is 11.6 Å². The fourth-order valence-electron chi connectivity index (χ4n) is 1.10. The summed E-state index contributed by atoms with van der Waals surface area (Å²) in [7, 11) is 0. The molecule has 2 aromatic rings. The van der Waals surface area contributed by atoms with Gasteiger partial charge in [-0.15, -0.1) is 0 Å². The number of aromatic nitrogens is 2. The first kappa shape index (κ1) is 8.13. The number of nitrogen functional groups attached to an aromatic ring is 1. The van der Waals surface area contributed by atoms with E-state index in [9.17, 15) is 0 Å². The molecule has 0 aliphatic heterocycles. The molecule has 0 aliphatic carbocycles. The van der Waals surface area contributed by atoms with Gasteiger partial charge in [0.1, 0.15) is 0 Å². The lowest BCUT2D eigenvalue weighted by Gasteiger charge is -2.03. The van der Waals surface area contributed by atoms with Gasteiger partial charge in [0.05, 0.1) is 17.0 Å². The van der Waals surface area contributed by atoms with Crippen LogP contribution in [0.5, 0.6) is 0 Å². The molecule has 1 aromatic heterocycles. The van der Waals surface area contributed by atoms with Crippen LogP contribution in [0, 0.1) is 0 Å². The third-order valence-electron chi connectivity index (χ3n) is 1.78. The molecule has 2 rings (SSSR count). The van der Waals surface area contributed by atoms with Crippen LogP contribution in [0.2, 0.25) is 5.02 Å². The van der Waals surface area contributed by atoms with Gasteiger partial charge in [-0.1, -0.05) is 11.6 Å². The van der Waals surface area contributed by atoms with E-state index < -0.39 is 0 Å². The van der Waals surface area contributed by atoms with Crippen molar-refractivity contribution in [3.8, 4) is 5.69 Å². The van der Waals surface area contributed by atoms with Gasteiger partial charge in [0.25, 0.3) is 0 Å². The highest BCUT2D eigenvalue weighted by molar-refractivity contribution is 6.33. The number of hydrogen-bond donors (Lipinski definition) is 1. The Morgan fingerprint density at radius 2 is 2.23 bits per heavy atom. The summed E-state index contributed by atoms with van der Waals surface area (Å²) in [5.41, 5.74) is 7.20. The van der Waals surface area contributed by atoms with Gasteiger partial charge in [0.15, 0.2) is 0 Å². The summed E-state index contributed by atoms with van der Waals surface area (Å²) in [6.45, 7) is 0. The van der Waals surface area contributed by atoms with Gasteiger partial charge in [-0.05, 0) is 18.2 Å². The van der Waals surface area contributed by atoms with E-state index in [4.69, 9.17) is 17.3 Å². The lowest BCUT2D eigenvalue weighted by atomic mass is 10.3. The maximum Gasteiger partial charge on any atom is 0.0991 e. The first-order valence-corrected chi connectivity index (χ1v) is 4.18. The number of rotatable bonds is 1. The highest BCUT2D eigenvalue weighted by Crippen LogP contribution is 2.21. The van der Waals surface area contributed by atoms with Crippen molar-refractivity contribution in [2.24, 2.45) is 0 Å². The maximum atomic E-state index is 5.79. The smallest absolute Gasteiger partial charge is 0.0991 e. The van der Waals surface area contributed by atoms with Gasteiger partial charge < -0.3 is 10.3 Å². The van der Waals surface area contributed by atoms with E-state index in [2.05, 4.69) is 4.98 Å². The van der Waals surface area contributed by atoms with E-state index in [0.717, 1.165) is 5.69 Å². The van der Waals surface area contributed by atoms with Crippen LogP contribution in [0.15, 0.2) is 36.9 Å². The molecule has 3 nitrogen and oxygen atoms in total. The summed E-state index contributed by atoms with van der Waals surface area (Å²) < 4.78 is 1.87. The molecular formula is C9H8ClN3.